The van der Waals surface area contributed by atoms with Crippen LogP contribution in [-0.4, -0.2) is 16.5 Å². The van der Waals surface area contributed by atoms with Crippen LogP contribution < -0.4 is 0 Å². The Bertz CT molecular complexity index is 429. The molecule has 5 heteroatoms. The monoisotopic (exact) mass is 190 g/mol. The van der Waals surface area contributed by atoms with Crippen LogP contribution in [0.2, 0.25) is 0 Å². The zero-order chi connectivity index (χ0) is 10.1. The third-order valence-corrected chi connectivity index (χ3v) is 2.01. The molecule has 0 saturated heterocycles. The first-order valence-corrected chi connectivity index (χ1v) is 4.02. The maximum Gasteiger partial charge on any atom is 0.270 e. The molecule has 0 aromatic carbocycles. The Labute approximate surface area is 79.3 Å². The van der Waals surface area contributed by atoms with Crippen molar-refractivity contribution in [3.8, 4) is 0 Å². The average Bonchev–Trinajstić information content (AvgIpc) is 2.16. The third-order valence-electron chi connectivity index (χ3n) is 2.01. The van der Waals surface area contributed by atoms with Gasteiger partial charge in [-0.15, -0.1) is 0 Å². The van der Waals surface area contributed by atoms with E-state index in [2.05, 4.69) is 4.99 Å². The molecule has 2 aliphatic rings. The van der Waals surface area contributed by atoms with Gasteiger partial charge in [0, 0.05) is 24.1 Å². The number of carbonyl (C=O) groups excluding carboxylic acids is 1. The number of fused-ring (bicyclic) bond motifs is 1. The Morgan fingerprint density at radius 3 is 2.79 bits per heavy atom. The lowest BCUT2D eigenvalue weighted by molar-refractivity contribution is -0.419. The fourth-order valence-corrected chi connectivity index (χ4v) is 1.33. The summed E-state index contributed by atoms with van der Waals surface area (Å²) in [6.45, 7) is 0. The maximum absolute atomic E-state index is 10.9. The van der Waals surface area contributed by atoms with Crippen molar-refractivity contribution >= 4 is 11.6 Å². The summed E-state index contributed by atoms with van der Waals surface area (Å²) in [4.78, 5) is 24.5. The fourth-order valence-electron chi connectivity index (χ4n) is 1.33. The van der Waals surface area contributed by atoms with Gasteiger partial charge < -0.3 is 0 Å². The summed E-state index contributed by atoms with van der Waals surface area (Å²) >= 11 is 0. The molecule has 14 heavy (non-hydrogen) atoms. The van der Waals surface area contributed by atoms with Crippen LogP contribution in [0, 0.1) is 16.0 Å². The highest BCUT2D eigenvalue weighted by molar-refractivity contribution is 6.11. The fraction of sp³-hybridized carbons (Fsp3) is 0.111. The van der Waals surface area contributed by atoms with Crippen molar-refractivity contribution in [2.24, 2.45) is 10.9 Å². The first kappa shape index (κ1) is 8.55. The molecule has 1 atom stereocenters. The second kappa shape index (κ2) is 3.02. The van der Waals surface area contributed by atoms with E-state index < -0.39 is 4.92 Å². The summed E-state index contributed by atoms with van der Waals surface area (Å²) < 4.78 is 0. The summed E-state index contributed by atoms with van der Waals surface area (Å²) in [5.74, 6) is -0.470. The summed E-state index contributed by atoms with van der Waals surface area (Å²) in [6, 6.07) is 0. The zero-order valence-electron chi connectivity index (χ0n) is 7.08. The van der Waals surface area contributed by atoms with Gasteiger partial charge >= 0.3 is 0 Å². The Balaban J connectivity index is 2.38. The molecule has 0 aromatic heterocycles. The molecule has 1 unspecified atom stereocenters. The van der Waals surface area contributed by atoms with Crippen LogP contribution in [0.15, 0.2) is 41.1 Å². The molecular formula is C9H6N2O3. The Morgan fingerprint density at radius 2 is 2.07 bits per heavy atom. The van der Waals surface area contributed by atoms with Gasteiger partial charge in [-0.3, -0.25) is 14.9 Å². The van der Waals surface area contributed by atoms with E-state index in [1.165, 1.54) is 18.2 Å². The third kappa shape index (κ3) is 1.39. The molecule has 0 saturated carbocycles. The van der Waals surface area contributed by atoms with Gasteiger partial charge in [0.15, 0.2) is 0 Å². The molecule has 1 aliphatic carbocycles. The van der Waals surface area contributed by atoms with Crippen molar-refractivity contribution in [1.29, 1.82) is 0 Å². The number of rotatable bonds is 1. The SMILES string of the molecule is O=C1C=CC2C=CC([N+](=O)[O-])=CC2=N1. The summed E-state index contributed by atoms with van der Waals surface area (Å²) in [5.41, 5.74) is 0.398. The van der Waals surface area contributed by atoms with Gasteiger partial charge in [-0.2, -0.15) is 0 Å². The standard InChI is InChI=1S/C9H6N2O3/c12-9-4-2-6-1-3-7(11(13)14)5-8(6)10-9/h1-6H. The number of aliphatic imine (C=N–C) groups is 1. The highest BCUT2D eigenvalue weighted by Gasteiger charge is 2.22. The number of hydrogen-bond acceptors (Lipinski definition) is 3. The molecule has 5 nitrogen and oxygen atoms in total. The predicted octanol–water partition coefficient (Wildman–Crippen LogP) is 0.870. The normalized spacial score (nSPS) is 24.0. The quantitative estimate of drug-likeness (QED) is 0.455. The maximum atomic E-state index is 10.9. The Morgan fingerprint density at radius 1 is 1.36 bits per heavy atom. The second-order valence-electron chi connectivity index (χ2n) is 2.95. The minimum Gasteiger partial charge on any atom is -0.267 e. The number of dihydropyridines is 1. The lowest BCUT2D eigenvalue weighted by Crippen LogP contribution is -2.18. The van der Waals surface area contributed by atoms with E-state index in [0.717, 1.165) is 0 Å². The van der Waals surface area contributed by atoms with E-state index in [9.17, 15) is 14.9 Å². The summed E-state index contributed by atoms with van der Waals surface area (Å²) in [5, 5.41) is 10.4. The van der Waals surface area contributed by atoms with E-state index in [-0.39, 0.29) is 17.5 Å². The highest BCUT2D eigenvalue weighted by atomic mass is 16.6. The molecule has 0 spiro atoms. The molecule has 0 aromatic rings. The minimum atomic E-state index is -0.502. The average molecular weight is 190 g/mol. The number of nitro groups is 1. The molecule has 0 bridgehead atoms. The van der Waals surface area contributed by atoms with Crippen LogP contribution in [0.1, 0.15) is 0 Å². The molecule has 0 N–H and O–H groups in total. The predicted molar refractivity (Wildman–Crippen MR) is 49.3 cm³/mol. The van der Waals surface area contributed by atoms with E-state index in [0.29, 0.717) is 5.71 Å². The van der Waals surface area contributed by atoms with Crippen LogP contribution in [0.3, 0.4) is 0 Å². The van der Waals surface area contributed by atoms with Gasteiger partial charge in [-0.05, 0) is 0 Å². The van der Waals surface area contributed by atoms with Crippen LogP contribution >= 0.6 is 0 Å². The molecule has 70 valence electrons. The van der Waals surface area contributed by atoms with Crippen LogP contribution in [0.25, 0.3) is 0 Å². The van der Waals surface area contributed by atoms with Crippen LogP contribution in [-0.2, 0) is 4.79 Å². The van der Waals surface area contributed by atoms with E-state index in [1.54, 1.807) is 12.2 Å². The minimum absolute atomic E-state index is 0.0388. The summed E-state index contributed by atoms with van der Waals surface area (Å²) in [6.07, 6.45) is 7.44. The van der Waals surface area contributed by atoms with Crippen molar-refractivity contribution in [2.45, 2.75) is 0 Å². The van der Waals surface area contributed by atoms with Crippen molar-refractivity contribution < 1.29 is 9.72 Å². The zero-order valence-corrected chi connectivity index (χ0v) is 7.08. The lowest BCUT2D eigenvalue weighted by atomic mass is 9.95. The van der Waals surface area contributed by atoms with E-state index in [1.807, 2.05) is 0 Å². The number of amides is 1. The van der Waals surface area contributed by atoms with Gasteiger partial charge in [-0.1, -0.05) is 12.2 Å². The largest absolute Gasteiger partial charge is 0.270 e. The molecule has 1 amide bonds. The lowest BCUT2D eigenvalue weighted by Gasteiger charge is -2.13. The molecule has 1 aliphatic heterocycles. The number of nitrogens with zero attached hydrogens (tertiary/aromatic N) is 2. The molecule has 1 heterocycles. The smallest absolute Gasteiger partial charge is 0.267 e. The van der Waals surface area contributed by atoms with Gasteiger partial charge in [0.2, 0.25) is 0 Å². The number of allylic oxidation sites excluding steroid dienone is 4. The van der Waals surface area contributed by atoms with E-state index >= 15 is 0 Å². The van der Waals surface area contributed by atoms with Crippen molar-refractivity contribution in [3.63, 3.8) is 0 Å². The number of carbonyl (C=O) groups is 1. The van der Waals surface area contributed by atoms with Gasteiger partial charge in [0.05, 0.1) is 10.6 Å². The van der Waals surface area contributed by atoms with Gasteiger partial charge in [0.1, 0.15) is 0 Å². The number of hydrogen-bond donors (Lipinski definition) is 0. The van der Waals surface area contributed by atoms with Crippen molar-refractivity contribution in [1.82, 2.24) is 0 Å². The van der Waals surface area contributed by atoms with Gasteiger partial charge in [-0.25, -0.2) is 4.99 Å². The first-order valence-electron chi connectivity index (χ1n) is 4.02. The molecule has 2 rings (SSSR count). The first-order chi connectivity index (χ1) is 6.66. The molecular weight excluding hydrogens is 184 g/mol. The topological polar surface area (TPSA) is 72.6 Å². The van der Waals surface area contributed by atoms with Gasteiger partial charge in [0.25, 0.3) is 11.6 Å². The van der Waals surface area contributed by atoms with Crippen molar-refractivity contribution in [2.75, 3.05) is 0 Å². The van der Waals surface area contributed by atoms with Crippen molar-refractivity contribution in [3.05, 3.63) is 46.2 Å². The molecule has 0 fully saturated rings. The summed E-state index contributed by atoms with van der Waals surface area (Å²) in [7, 11) is 0. The second-order valence-corrected chi connectivity index (χ2v) is 2.95. The van der Waals surface area contributed by atoms with E-state index in [4.69, 9.17) is 0 Å². The van der Waals surface area contributed by atoms with Crippen LogP contribution in [0.4, 0.5) is 0 Å². The Kier molecular flexibility index (Phi) is 1.85. The highest BCUT2D eigenvalue weighted by Crippen LogP contribution is 2.18. The Hall–Kier alpha value is -2.04. The molecule has 0 radical (unpaired) electrons. The van der Waals surface area contributed by atoms with Crippen LogP contribution in [0.5, 0.6) is 0 Å².